The van der Waals surface area contributed by atoms with Gasteiger partial charge in [-0.1, -0.05) is 6.58 Å². The molecule has 1 heterocycles. The Morgan fingerprint density at radius 3 is 2.70 bits per heavy atom. The van der Waals surface area contributed by atoms with Crippen molar-refractivity contribution in [2.45, 2.75) is 19.9 Å². The molecule has 2 nitrogen and oxygen atoms in total. The van der Waals surface area contributed by atoms with Crippen molar-refractivity contribution in [2.75, 3.05) is 19.8 Å². The van der Waals surface area contributed by atoms with Gasteiger partial charge in [0.2, 0.25) is 0 Å². The zero-order valence-electron chi connectivity index (χ0n) is 6.76. The van der Waals surface area contributed by atoms with Gasteiger partial charge < -0.3 is 9.64 Å². The second kappa shape index (κ2) is 3.06. The van der Waals surface area contributed by atoms with Crippen LogP contribution >= 0.6 is 0 Å². The van der Waals surface area contributed by atoms with Crippen LogP contribution in [0.5, 0.6) is 0 Å². The molecule has 0 N–H and O–H groups in total. The van der Waals surface area contributed by atoms with Crippen LogP contribution in [0.25, 0.3) is 0 Å². The summed E-state index contributed by atoms with van der Waals surface area (Å²) in [6.45, 7) is 10.8. The van der Waals surface area contributed by atoms with Crippen molar-refractivity contribution >= 4 is 0 Å². The van der Waals surface area contributed by atoms with Crippen LogP contribution < -0.4 is 0 Å². The highest BCUT2D eigenvalue weighted by atomic mass is 16.5. The minimum atomic E-state index is 0.566. The molecular weight excluding hydrogens is 126 g/mol. The van der Waals surface area contributed by atoms with Gasteiger partial charge in [-0.2, -0.15) is 0 Å². The van der Waals surface area contributed by atoms with E-state index in [1.165, 1.54) is 0 Å². The third-order valence-electron chi connectivity index (χ3n) is 1.77. The molecule has 2 heteroatoms. The van der Waals surface area contributed by atoms with Gasteiger partial charge in [0.05, 0.1) is 13.2 Å². The zero-order chi connectivity index (χ0) is 7.56. The lowest BCUT2D eigenvalue weighted by Gasteiger charge is -2.34. The molecule has 1 fully saturated rings. The van der Waals surface area contributed by atoms with Crippen LogP contribution in [0.4, 0.5) is 0 Å². The number of nitrogens with zero attached hydrogens (tertiary/aromatic N) is 1. The highest BCUT2D eigenvalue weighted by Gasteiger charge is 2.15. The van der Waals surface area contributed by atoms with Crippen molar-refractivity contribution in [3.63, 3.8) is 0 Å². The lowest BCUT2D eigenvalue weighted by molar-refractivity contribution is 0.0612. The number of hydrogen-bond acceptors (Lipinski definition) is 2. The first-order valence-corrected chi connectivity index (χ1v) is 3.74. The van der Waals surface area contributed by atoms with Gasteiger partial charge in [0.25, 0.3) is 0 Å². The molecule has 1 saturated heterocycles. The van der Waals surface area contributed by atoms with E-state index in [-0.39, 0.29) is 0 Å². The molecule has 0 spiro atoms. The Morgan fingerprint density at radius 1 is 1.60 bits per heavy atom. The normalized spacial score (nSPS) is 20.3. The number of rotatable bonds is 1. The highest BCUT2D eigenvalue weighted by molar-refractivity contribution is 4.97. The van der Waals surface area contributed by atoms with Crippen molar-refractivity contribution in [2.24, 2.45) is 0 Å². The van der Waals surface area contributed by atoms with Crippen LogP contribution in [0.3, 0.4) is 0 Å². The van der Waals surface area contributed by atoms with E-state index in [4.69, 9.17) is 4.74 Å². The maximum Gasteiger partial charge on any atom is 0.0859 e. The van der Waals surface area contributed by atoms with Crippen LogP contribution in [-0.4, -0.2) is 30.7 Å². The molecule has 1 rings (SSSR count). The van der Waals surface area contributed by atoms with Crippen LogP contribution in [0.1, 0.15) is 13.8 Å². The van der Waals surface area contributed by atoms with E-state index in [2.05, 4.69) is 25.3 Å². The summed E-state index contributed by atoms with van der Waals surface area (Å²) in [4.78, 5) is 2.28. The standard InChI is InChI=1S/C8H15NO/c1-7(2)9-4-5-10-6-8(9)3/h7H,3-6H2,1-2H3. The third kappa shape index (κ3) is 1.51. The number of hydrogen-bond donors (Lipinski definition) is 0. The molecule has 0 unspecified atom stereocenters. The average Bonchev–Trinajstić information content (AvgIpc) is 1.88. The summed E-state index contributed by atoms with van der Waals surface area (Å²) in [7, 11) is 0. The Bertz CT molecular complexity index is 131. The molecule has 0 saturated carbocycles. The lowest BCUT2D eigenvalue weighted by atomic mass is 10.2. The molecule has 0 radical (unpaired) electrons. The predicted molar refractivity (Wildman–Crippen MR) is 41.8 cm³/mol. The van der Waals surface area contributed by atoms with Crippen molar-refractivity contribution in [1.82, 2.24) is 4.90 Å². The molecule has 1 aliphatic heterocycles. The predicted octanol–water partition coefficient (Wildman–Crippen LogP) is 1.24. The number of morpholine rings is 1. The van der Waals surface area contributed by atoms with Crippen LogP contribution in [0.15, 0.2) is 12.3 Å². The Kier molecular flexibility index (Phi) is 2.33. The monoisotopic (exact) mass is 141 g/mol. The summed E-state index contributed by atoms with van der Waals surface area (Å²) in [6, 6.07) is 0.566. The highest BCUT2D eigenvalue weighted by Crippen LogP contribution is 2.11. The smallest absolute Gasteiger partial charge is 0.0859 e. The average molecular weight is 141 g/mol. The van der Waals surface area contributed by atoms with Gasteiger partial charge in [-0.15, -0.1) is 0 Å². The fourth-order valence-electron chi connectivity index (χ4n) is 1.22. The van der Waals surface area contributed by atoms with Crippen LogP contribution in [-0.2, 0) is 4.74 Å². The molecule has 58 valence electrons. The van der Waals surface area contributed by atoms with Crippen molar-refractivity contribution < 1.29 is 4.74 Å². The van der Waals surface area contributed by atoms with E-state index in [1.54, 1.807) is 0 Å². The molecule has 0 atom stereocenters. The van der Waals surface area contributed by atoms with Gasteiger partial charge in [-0.05, 0) is 13.8 Å². The van der Waals surface area contributed by atoms with E-state index in [0.29, 0.717) is 12.6 Å². The molecule has 0 aromatic heterocycles. The van der Waals surface area contributed by atoms with Gasteiger partial charge in [0, 0.05) is 18.3 Å². The Morgan fingerprint density at radius 2 is 2.30 bits per heavy atom. The van der Waals surface area contributed by atoms with Gasteiger partial charge in [0.15, 0.2) is 0 Å². The largest absolute Gasteiger partial charge is 0.373 e. The summed E-state index contributed by atoms with van der Waals surface area (Å²) in [5, 5.41) is 0. The van der Waals surface area contributed by atoms with Gasteiger partial charge in [-0.25, -0.2) is 0 Å². The summed E-state index contributed by atoms with van der Waals surface area (Å²) in [6.07, 6.45) is 0. The quantitative estimate of drug-likeness (QED) is 0.544. The summed E-state index contributed by atoms with van der Waals surface area (Å²) >= 11 is 0. The summed E-state index contributed by atoms with van der Waals surface area (Å²) < 4.78 is 5.22. The lowest BCUT2D eigenvalue weighted by Crippen LogP contribution is -2.38. The number of ether oxygens (including phenoxy) is 1. The SMILES string of the molecule is C=C1COCCN1C(C)C. The molecule has 0 aliphatic carbocycles. The Balaban J connectivity index is 2.48. The maximum atomic E-state index is 5.22. The van der Waals surface area contributed by atoms with Gasteiger partial charge in [0.1, 0.15) is 0 Å². The zero-order valence-corrected chi connectivity index (χ0v) is 6.76. The Labute approximate surface area is 62.5 Å². The topological polar surface area (TPSA) is 12.5 Å². The van der Waals surface area contributed by atoms with Crippen LogP contribution in [0.2, 0.25) is 0 Å². The molecule has 0 aromatic rings. The van der Waals surface area contributed by atoms with Gasteiger partial charge in [-0.3, -0.25) is 0 Å². The first-order valence-electron chi connectivity index (χ1n) is 3.74. The molecule has 10 heavy (non-hydrogen) atoms. The second-order valence-electron chi connectivity index (χ2n) is 2.91. The molecule has 1 aliphatic rings. The van der Waals surface area contributed by atoms with Crippen molar-refractivity contribution in [3.8, 4) is 0 Å². The second-order valence-corrected chi connectivity index (χ2v) is 2.91. The first-order chi connectivity index (χ1) is 4.72. The van der Waals surface area contributed by atoms with E-state index < -0.39 is 0 Å². The fourth-order valence-corrected chi connectivity index (χ4v) is 1.22. The molecule has 0 amide bonds. The van der Waals surface area contributed by atoms with E-state index in [0.717, 1.165) is 18.8 Å². The fraction of sp³-hybridized carbons (Fsp3) is 0.750. The van der Waals surface area contributed by atoms with Crippen LogP contribution in [0, 0.1) is 0 Å². The third-order valence-corrected chi connectivity index (χ3v) is 1.77. The molecule has 0 aromatic carbocycles. The van der Waals surface area contributed by atoms with E-state index >= 15 is 0 Å². The molecule has 0 bridgehead atoms. The van der Waals surface area contributed by atoms with E-state index in [9.17, 15) is 0 Å². The summed E-state index contributed by atoms with van der Waals surface area (Å²) in [5.74, 6) is 0. The maximum absolute atomic E-state index is 5.22. The Hall–Kier alpha value is -0.500. The minimum Gasteiger partial charge on any atom is -0.373 e. The van der Waals surface area contributed by atoms with Gasteiger partial charge >= 0.3 is 0 Å². The van der Waals surface area contributed by atoms with Crippen molar-refractivity contribution in [1.29, 1.82) is 0 Å². The minimum absolute atomic E-state index is 0.566. The van der Waals surface area contributed by atoms with Crippen molar-refractivity contribution in [3.05, 3.63) is 12.3 Å². The van der Waals surface area contributed by atoms with E-state index in [1.807, 2.05) is 0 Å². The first kappa shape index (κ1) is 7.61. The summed E-state index contributed by atoms with van der Waals surface area (Å²) in [5.41, 5.74) is 1.11. The molecular formula is C8H15NO.